The fourth-order valence-electron chi connectivity index (χ4n) is 2.06. The van der Waals surface area contributed by atoms with Gasteiger partial charge in [0, 0.05) is 18.8 Å². The molecule has 0 radical (unpaired) electrons. The average molecular weight is 281 g/mol. The van der Waals surface area contributed by atoms with Gasteiger partial charge in [0.05, 0.1) is 0 Å². The van der Waals surface area contributed by atoms with Crippen molar-refractivity contribution in [2.75, 3.05) is 24.5 Å². The molecule has 0 spiro atoms. The number of hydrogen-bond donors (Lipinski definition) is 2. The second-order valence-electron chi connectivity index (χ2n) is 5.12. The molecule has 1 amide bonds. The van der Waals surface area contributed by atoms with Crippen LogP contribution < -0.4 is 16.0 Å². The molecule has 1 aromatic carbocycles. The van der Waals surface area contributed by atoms with E-state index in [1.54, 1.807) is 13.0 Å². The fourth-order valence-corrected chi connectivity index (χ4v) is 2.06. The fraction of sp³-hybridized carbons (Fsp3) is 0.533. The minimum Gasteiger partial charge on any atom is -0.369 e. The van der Waals surface area contributed by atoms with E-state index in [1.165, 1.54) is 12.1 Å². The van der Waals surface area contributed by atoms with Crippen LogP contribution in [0.2, 0.25) is 0 Å². The summed E-state index contributed by atoms with van der Waals surface area (Å²) in [5, 5.41) is 3.18. The maximum atomic E-state index is 13.3. The van der Waals surface area contributed by atoms with Gasteiger partial charge in [0.15, 0.2) is 0 Å². The van der Waals surface area contributed by atoms with Crippen LogP contribution in [0.15, 0.2) is 24.3 Å². The molecule has 0 aliphatic carbocycles. The Labute approximate surface area is 120 Å². The summed E-state index contributed by atoms with van der Waals surface area (Å²) in [7, 11) is 0. The van der Waals surface area contributed by atoms with Crippen molar-refractivity contribution in [2.24, 2.45) is 5.73 Å². The number of halogens is 1. The predicted octanol–water partition coefficient (Wildman–Crippen LogP) is 1.90. The number of likely N-dealkylation sites (N-methyl/N-ethyl adjacent to an activating group) is 1. The van der Waals surface area contributed by atoms with Crippen LogP contribution in [0, 0.1) is 5.82 Å². The number of nitrogens with one attached hydrogen (secondary N) is 1. The standard InChI is InChI=1S/C15H24FN3O/c1-4-9-18-15(3,14(17)20)11-19(5-2)13-8-6-7-12(16)10-13/h6-8,10,18H,4-5,9,11H2,1-3H3,(H2,17,20). The molecule has 20 heavy (non-hydrogen) atoms. The summed E-state index contributed by atoms with van der Waals surface area (Å²) in [6.07, 6.45) is 0.912. The lowest BCUT2D eigenvalue weighted by atomic mass is 10.00. The molecule has 3 N–H and O–H groups in total. The number of nitrogens with two attached hydrogens (primary N) is 1. The van der Waals surface area contributed by atoms with Crippen LogP contribution in [0.5, 0.6) is 0 Å². The predicted molar refractivity (Wildman–Crippen MR) is 80.2 cm³/mol. The Morgan fingerprint density at radius 1 is 1.45 bits per heavy atom. The van der Waals surface area contributed by atoms with Gasteiger partial charge in [-0.1, -0.05) is 13.0 Å². The number of amides is 1. The van der Waals surface area contributed by atoms with E-state index in [1.807, 2.05) is 24.8 Å². The third kappa shape index (κ3) is 4.20. The van der Waals surface area contributed by atoms with Gasteiger partial charge in [-0.3, -0.25) is 4.79 Å². The zero-order chi connectivity index (χ0) is 15.2. The number of carbonyl (C=O) groups excluding carboxylic acids is 1. The maximum Gasteiger partial charge on any atom is 0.239 e. The van der Waals surface area contributed by atoms with E-state index in [-0.39, 0.29) is 5.82 Å². The van der Waals surface area contributed by atoms with E-state index < -0.39 is 11.4 Å². The summed E-state index contributed by atoms with van der Waals surface area (Å²) < 4.78 is 13.3. The largest absolute Gasteiger partial charge is 0.369 e. The second kappa shape index (κ2) is 7.24. The average Bonchev–Trinajstić information content (AvgIpc) is 2.42. The lowest BCUT2D eigenvalue weighted by Gasteiger charge is -2.34. The highest BCUT2D eigenvalue weighted by molar-refractivity contribution is 5.85. The van der Waals surface area contributed by atoms with E-state index in [9.17, 15) is 9.18 Å². The summed E-state index contributed by atoms with van der Waals surface area (Å²) in [4.78, 5) is 13.7. The SMILES string of the molecule is CCCNC(C)(CN(CC)c1cccc(F)c1)C(N)=O. The van der Waals surface area contributed by atoms with Crippen LogP contribution in [0.25, 0.3) is 0 Å². The number of primary amides is 1. The smallest absolute Gasteiger partial charge is 0.239 e. The first-order valence-electron chi connectivity index (χ1n) is 6.98. The first kappa shape index (κ1) is 16.4. The summed E-state index contributed by atoms with van der Waals surface area (Å²) in [6.45, 7) is 7.56. The zero-order valence-electron chi connectivity index (χ0n) is 12.4. The normalized spacial score (nSPS) is 13.8. The molecule has 1 atom stereocenters. The van der Waals surface area contributed by atoms with E-state index in [0.717, 1.165) is 12.1 Å². The van der Waals surface area contributed by atoms with Gasteiger partial charge in [-0.2, -0.15) is 0 Å². The Morgan fingerprint density at radius 3 is 2.65 bits per heavy atom. The van der Waals surface area contributed by atoms with E-state index >= 15 is 0 Å². The third-order valence-electron chi connectivity index (χ3n) is 3.37. The lowest BCUT2D eigenvalue weighted by Crippen LogP contribution is -2.60. The van der Waals surface area contributed by atoms with Crippen molar-refractivity contribution in [3.63, 3.8) is 0 Å². The van der Waals surface area contributed by atoms with Crippen molar-refractivity contribution in [1.82, 2.24) is 5.32 Å². The Morgan fingerprint density at radius 2 is 2.15 bits per heavy atom. The third-order valence-corrected chi connectivity index (χ3v) is 3.37. The summed E-state index contributed by atoms with van der Waals surface area (Å²) in [6, 6.07) is 6.35. The number of rotatable bonds is 8. The molecule has 5 heteroatoms. The van der Waals surface area contributed by atoms with Gasteiger partial charge in [0.1, 0.15) is 11.4 Å². The molecule has 0 aromatic heterocycles. The van der Waals surface area contributed by atoms with Gasteiger partial charge in [0.25, 0.3) is 0 Å². The van der Waals surface area contributed by atoms with Crippen molar-refractivity contribution in [1.29, 1.82) is 0 Å². The van der Waals surface area contributed by atoms with Crippen LogP contribution in [0.1, 0.15) is 27.2 Å². The van der Waals surface area contributed by atoms with Crippen LogP contribution in [-0.4, -0.2) is 31.1 Å². The monoisotopic (exact) mass is 281 g/mol. The van der Waals surface area contributed by atoms with Crippen molar-refractivity contribution in [3.8, 4) is 0 Å². The molecule has 0 heterocycles. The van der Waals surface area contributed by atoms with E-state index in [0.29, 0.717) is 19.6 Å². The molecule has 0 fully saturated rings. The molecule has 1 unspecified atom stereocenters. The van der Waals surface area contributed by atoms with Crippen LogP contribution in [0.3, 0.4) is 0 Å². The Balaban J connectivity index is 2.91. The van der Waals surface area contributed by atoms with Gasteiger partial charge < -0.3 is 16.0 Å². The molecule has 4 nitrogen and oxygen atoms in total. The molecule has 0 aliphatic rings. The molecule has 0 saturated carbocycles. The Kier molecular flexibility index (Phi) is 5.95. The van der Waals surface area contributed by atoms with Crippen LogP contribution in [0.4, 0.5) is 10.1 Å². The number of carbonyl (C=O) groups is 1. The molecular formula is C15H24FN3O. The highest BCUT2D eigenvalue weighted by atomic mass is 19.1. The molecule has 1 rings (SSSR count). The highest BCUT2D eigenvalue weighted by Crippen LogP contribution is 2.18. The first-order valence-corrected chi connectivity index (χ1v) is 6.98. The van der Waals surface area contributed by atoms with Gasteiger partial charge in [0.2, 0.25) is 5.91 Å². The van der Waals surface area contributed by atoms with Crippen LogP contribution >= 0.6 is 0 Å². The van der Waals surface area contributed by atoms with Crippen molar-refractivity contribution in [2.45, 2.75) is 32.7 Å². The summed E-state index contributed by atoms with van der Waals surface area (Å²) in [5.74, 6) is -0.691. The molecule has 1 aromatic rings. The molecule has 0 aliphatic heterocycles. The van der Waals surface area contributed by atoms with Gasteiger partial charge in [-0.25, -0.2) is 4.39 Å². The minimum atomic E-state index is -0.835. The number of nitrogens with zero attached hydrogens (tertiary/aromatic N) is 1. The van der Waals surface area contributed by atoms with Crippen LogP contribution in [-0.2, 0) is 4.79 Å². The van der Waals surface area contributed by atoms with Crippen molar-refractivity contribution in [3.05, 3.63) is 30.1 Å². The summed E-state index contributed by atoms with van der Waals surface area (Å²) >= 11 is 0. The molecule has 0 bridgehead atoms. The highest BCUT2D eigenvalue weighted by Gasteiger charge is 2.32. The molecule has 112 valence electrons. The Bertz CT molecular complexity index is 452. The molecular weight excluding hydrogens is 257 g/mol. The van der Waals surface area contributed by atoms with Gasteiger partial charge >= 0.3 is 0 Å². The van der Waals surface area contributed by atoms with E-state index in [4.69, 9.17) is 5.73 Å². The topological polar surface area (TPSA) is 58.4 Å². The minimum absolute atomic E-state index is 0.289. The van der Waals surface area contributed by atoms with Gasteiger partial charge in [-0.15, -0.1) is 0 Å². The second-order valence-corrected chi connectivity index (χ2v) is 5.12. The van der Waals surface area contributed by atoms with Crippen molar-refractivity contribution >= 4 is 11.6 Å². The van der Waals surface area contributed by atoms with Gasteiger partial charge in [-0.05, 0) is 45.0 Å². The number of benzene rings is 1. The zero-order valence-corrected chi connectivity index (χ0v) is 12.4. The first-order chi connectivity index (χ1) is 9.42. The number of anilines is 1. The Hall–Kier alpha value is -1.62. The maximum absolute atomic E-state index is 13.3. The lowest BCUT2D eigenvalue weighted by molar-refractivity contribution is -0.123. The quantitative estimate of drug-likeness (QED) is 0.765. The summed E-state index contributed by atoms with van der Waals surface area (Å²) in [5.41, 5.74) is 5.43. The van der Waals surface area contributed by atoms with E-state index in [2.05, 4.69) is 5.32 Å². The van der Waals surface area contributed by atoms with Crippen molar-refractivity contribution < 1.29 is 9.18 Å². The number of hydrogen-bond acceptors (Lipinski definition) is 3. The molecule has 0 saturated heterocycles.